The third kappa shape index (κ3) is 1.75. The second-order valence-corrected chi connectivity index (χ2v) is 4.18. The Morgan fingerprint density at radius 2 is 2.06 bits per heavy atom. The number of nitrogens with zero attached hydrogens (tertiary/aromatic N) is 2. The summed E-state index contributed by atoms with van der Waals surface area (Å²) in [5.41, 5.74) is -1.00. The molecule has 6 heteroatoms. The molecule has 0 bridgehead atoms. The molecule has 0 atom stereocenters. The highest BCUT2D eigenvalue weighted by molar-refractivity contribution is 5.73. The Morgan fingerprint density at radius 3 is 2.65 bits per heavy atom. The molecule has 2 heterocycles. The molecule has 0 aliphatic rings. The van der Waals surface area contributed by atoms with Gasteiger partial charge in [0.25, 0.3) is 0 Å². The Hall–Kier alpha value is -1.98. The molecular formula is C11H12FN3O2. The monoisotopic (exact) mass is 237 g/mol. The van der Waals surface area contributed by atoms with Crippen LogP contribution >= 0.6 is 0 Å². The molecule has 5 nitrogen and oxygen atoms in total. The summed E-state index contributed by atoms with van der Waals surface area (Å²) in [5, 5.41) is 0.0846. The van der Waals surface area contributed by atoms with Gasteiger partial charge in [-0.05, 0) is 20.8 Å². The van der Waals surface area contributed by atoms with Crippen molar-refractivity contribution in [2.45, 2.75) is 26.8 Å². The fourth-order valence-electron chi connectivity index (χ4n) is 1.62. The van der Waals surface area contributed by atoms with Crippen LogP contribution in [0.5, 0.6) is 0 Å². The van der Waals surface area contributed by atoms with Crippen LogP contribution in [0.3, 0.4) is 0 Å². The summed E-state index contributed by atoms with van der Waals surface area (Å²) in [6.07, 6.45) is 1.34. The third-order valence-corrected chi connectivity index (χ3v) is 2.59. The summed E-state index contributed by atoms with van der Waals surface area (Å²) >= 11 is 0. The number of hydrogen-bond acceptors (Lipinski definition) is 3. The smallest absolute Gasteiger partial charge is 0.340 e. The lowest BCUT2D eigenvalue weighted by Gasteiger charge is -2.09. The van der Waals surface area contributed by atoms with Crippen LogP contribution < -0.4 is 11.1 Å². The Bertz CT molecular complexity index is 700. The molecule has 0 aliphatic carbocycles. The van der Waals surface area contributed by atoms with E-state index in [0.29, 0.717) is 0 Å². The molecule has 2 aromatic rings. The Labute approximate surface area is 95.9 Å². The Morgan fingerprint density at radius 1 is 1.41 bits per heavy atom. The predicted octanol–water partition coefficient (Wildman–Crippen LogP) is 1.11. The maximum atomic E-state index is 13.4. The van der Waals surface area contributed by atoms with Crippen LogP contribution in [0, 0.1) is 12.7 Å². The number of hydrogen-bond donors (Lipinski definition) is 1. The zero-order valence-corrected chi connectivity index (χ0v) is 9.74. The van der Waals surface area contributed by atoms with Gasteiger partial charge in [0.05, 0.1) is 11.1 Å². The number of fused-ring (bicyclic) bond motifs is 1. The van der Waals surface area contributed by atoms with Crippen molar-refractivity contribution in [3.05, 3.63) is 38.4 Å². The van der Waals surface area contributed by atoms with Crippen LogP contribution in [-0.2, 0) is 0 Å². The number of halogens is 1. The van der Waals surface area contributed by atoms with Gasteiger partial charge >= 0.3 is 5.69 Å². The van der Waals surface area contributed by atoms with E-state index < -0.39 is 16.9 Å². The lowest BCUT2D eigenvalue weighted by molar-refractivity contribution is 0.565. The molecule has 1 N–H and O–H groups in total. The first-order valence-corrected chi connectivity index (χ1v) is 5.23. The van der Waals surface area contributed by atoms with E-state index >= 15 is 0 Å². The normalized spacial score (nSPS) is 11.4. The van der Waals surface area contributed by atoms with Gasteiger partial charge in [-0.15, -0.1) is 0 Å². The molecular weight excluding hydrogens is 225 g/mol. The van der Waals surface area contributed by atoms with Crippen molar-refractivity contribution in [2.24, 2.45) is 0 Å². The van der Waals surface area contributed by atoms with E-state index in [4.69, 9.17) is 0 Å². The zero-order valence-electron chi connectivity index (χ0n) is 9.74. The van der Waals surface area contributed by atoms with Gasteiger partial charge in [0, 0.05) is 12.2 Å². The summed E-state index contributed by atoms with van der Waals surface area (Å²) in [5.74, 6) is -0.840. The fraction of sp³-hybridized carbons (Fsp3) is 0.364. The van der Waals surface area contributed by atoms with Crippen LogP contribution in [0.4, 0.5) is 4.39 Å². The average molecular weight is 237 g/mol. The number of aryl methyl sites for hydroxylation is 1. The molecule has 0 unspecified atom stereocenters. The van der Waals surface area contributed by atoms with Gasteiger partial charge < -0.3 is 4.98 Å². The van der Waals surface area contributed by atoms with Gasteiger partial charge in [-0.3, -0.25) is 9.36 Å². The SMILES string of the molecule is Cc1[nH]c2nc(=O)n(C(C)C)cc2c(=O)c1F. The summed E-state index contributed by atoms with van der Waals surface area (Å²) in [6.45, 7) is 4.99. The Balaban J connectivity index is 2.95. The zero-order chi connectivity index (χ0) is 12.7. The van der Waals surface area contributed by atoms with Crippen molar-refractivity contribution < 1.29 is 4.39 Å². The maximum Gasteiger partial charge on any atom is 0.349 e. The largest absolute Gasteiger partial charge is 0.349 e. The van der Waals surface area contributed by atoms with Crippen LogP contribution in [0.1, 0.15) is 25.6 Å². The molecule has 2 rings (SSSR count). The number of nitrogens with one attached hydrogen (secondary N) is 1. The van der Waals surface area contributed by atoms with Gasteiger partial charge in [-0.1, -0.05) is 0 Å². The minimum Gasteiger partial charge on any atom is -0.340 e. The first kappa shape index (κ1) is 11.5. The van der Waals surface area contributed by atoms with Crippen molar-refractivity contribution in [2.75, 3.05) is 0 Å². The standard InChI is InChI=1S/C11H12FN3O2/c1-5(2)15-4-7-9(16)8(12)6(3)13-10(7)14-11(15)17/h4-5H,1-3H3,(H,13,14,17). The number of rotatable bonds is 1. The number of H-pyrrole nitrogens is 1. The number of aromatic amines is 1. The van der Waals surface area contributed by atoms with Crippen LogP contribution in [0.25, 0.3) is 11.0 Å². The van der Waals surface area contributed by atoms with E-state index in [2.05, 4.69) is 9.97 Å². The first-order chi connectivity index (χ1) is 7.91. The first-order valence-electron chi connectivity index (χ1n) is 5.23. The van der Waals surface area contributed by atoms with Crippen molar-refractivity contribution in [1.29, 1.82) is 0 Å². The minimum atomic E-state index is -0.840. The van der Waals surface area contributed by atoms with E-state index in [1.807, 2.05) is 0 Å². The highest BCUT2D eigenvalue weighted by Crippen LogP contribution is 2.08. The van der Waals surface area contributed by atoms with E-state index in [0.717, 1.165) is 0 Å². The van der Waals surface area contributed by atoms with Crippen molar-refractivity contribution in [3.8, 4) is 0 Å². The quantitative estimate of drug-likeness (QED) is 0.807. The predicted molar refractivity (Wildman–Crippen MR) is 61.7 cm³/mol. The molecule has 0 saturated carbocycles. The maximum absolute atomic E-state index is 13.4. The van der Waals surface area contributed by atoms with Crippen LogP contribution in [0.2, 0.25) is 0 Å². The van der Waals surface area contributed by atoms with Crippen molar-refractivity contribution in [1.82, 2.24) is 14.5 Å². The van der Waals surface area contributed by atoms with Gasteiger partial charge in [0.2, 0.25) is 5.43 Å². The van der Waals surface area contributed by atoms with Crippen LogP contribution in [-0.4, -0.2) is 14.5 Å². The third-order valence-electron chi connectivity index (χ3n) is 2.59. The van der Waals surface area contributed by atoms with Gasteiger partial charge in [0.1, 0.15) is 5.65 Å². The molecule has 0 aliphatic heterocycles. The van der Waals surface area contributed by atoms with Gasteiger partial charge in [0.15, 0.2) is 5.82 Å². The fourth-order valence-corrected chi connectivity index (χ4v) is 1.62. The lowest BCUT2D eigenvalue weighted by atomic mass is 10.2. The summed E-state index contributed by atoms with van der Waals surface area (Å²) in [6, 6.07) is -0.136. The van der Waals surface area contributed by atoms with Gasteiger partial charge in [-0.25, -0.2) is 9.18 Å². The lowest BCUT2D eigenvalue weighted by Crippen LogP contribution is -2.26. The molecule has 0 saturated heterocycles. The summed E-state index contributed by atoms with van der Waals surface area (Å²) < 4.78 is 14.7. The highest BCUT2D eigenvalue weighted by Gasteiger charge is 2.12. The average Bonchev–Trinajstić information content (AvgIpc) is 2.25. The van der Waals surface area contributed by atoms with E-state index in [9.17, 15) is 14.0 Å². The molecule has 0 amide bonds. The molecule has 17 heavy (non-hydrogen) atoms. The molecule has 0 aromatic carbocycles. The minimum absolute atomic E-state index is 0.0803. The number of aromatic nitrogens is 3. The van der Waals surface area contributed by atoms with E-state index in [-0.39, 0.29) is 22.8 Å². The molecule has 0 fully saturated rings. The van der Waals surface area contributed by atoms with E-state index in [1.54, 1.807) is 13.8 Å². The number of pyridine rings is 1. The Kier molecular flexibility index (Phi) is 2.57. The topological polar surface area (TPSA) is 67.8 Å². The molecule has 90 valence electrons. The van der Waals surface area contributed by atoms with Crippen LogP contribution in [0.15, 0.2) is 15.8 Å². The molecule has 2 aromatic heterocycles. The second kappa shape index (κ2) is 3.80. The molecule has 0 spiro atoms. The summed E-state index contributed by atoms with van der Waals surface area (Å²) in [4.78, 5) is 29.7. The highest BCUT2D eigenvalue weighted by atomic mass is 19.1. The summed E-state index contributed by atoms with van der Waals surface area (Å²) in [7, 11) is 0. The molecule has 0 radical (unpaired) electrons. The second-order valence-electron chi connectivity index (χ2n) is 4.18. The van der Waals surface area contributed by atoms with Crippen molar-refractivity contribution in [3.63, 3.8) is 0 Å². The van der Waals surface area contributed by atoms with Gasteiger partial charge in [-0.2, -0.15) is 4.98 Å². The van der Waals surface area contributed by atoms with Crippen molar-refractivity contribution >= 4 is 11.0 Å². The van der Waals surface area contributed by atoms with E-state index in [1.165, 1.54) is 17.7 Å².